The summed E-state index contributed by atoms with van der Waals surface area (Å²) < 4.78 is 9.60. The van der Waals surface area contributed by atoms with Gasteiger partial charge in [-0.05, 0) is 30.3 Å². The van der Waals surface area contributed by atoms with Crippen molar-refractivity contribution in [2.24, 2.45) is 0 Å². The number of fused-ring (bicyclic) bond motifs is 3. The lowest BCUT2D eigenvalue weighted by atomic mass is 10.2. The summed E-state index contributed by atoms with van der Waals surface area (Å²) in [4.78, 5) is 0. The van der Waals surface area contributed by atoms with E-state index in [1.807, 2.05) is 28.9 Å². The molecule has 0 fully saturated rings. The van der Waals surface area contributed by atoms with Gasteiger partial charge in [-0.3, -0.25) is 0 Å². The second kappa shape index (κ2) is 4.35. The van der Waals surface area contributed by atoms with Crippen molar-refractivity contribution in [1.82, 2.24) is 9.78 Å². The zero-order valence-electron chi connectivity index (χ0n) is 10.9. The second-order valence-corrected chi connectivity index (χ2v) is 5.67. The van der Waals surface area contributed by atoms with Crippen LogP contribution in [0.3, 0.4) is 0 Å². The van der Waals surface area contributed by atoms with Gasteiger partial charge in [-0.15, -0.1) is 11.3 Å². The topological polar surface area (TPSA) is 27.1 Å². The zero-order chi connectivity index (χ0) is 13.5. The number of benzene rings is 2. The summed E-state index contributed by atoms with van der Waals surface area (Å²) in [6.45, 7) is 0. The molecule has 0 amide bonds. The van der Waals surface area contributed by atoms with Gasteiger partial charge in [0.2, 0.25) is 0 Å². The fourth-order valence-electron chi connectivity index (χ4n) is 2.36. The Morgan fingerprint density at radius 3 is 2.60 bits per heavy atom. The monoisotopic (exact) mass is 280 g/mol. The van der Waals surface area contributed by atoms with Gasteiger partial charge in [0.05, 0.1) is 17.5 Å². The largest absolute Gasteiger partial charge is 0.497 e. The molecule has 98 valence electrons. The van der Waals surface area contributed by atoms with E-state index in [9.17, 15) is 0 Å². The summed E-state index contributed by atoms with van der Waals surface area (Å²) in [6, 6.07) is 16.3. The molecule has 0 bridgehead atoms. The molecule has 0 aliphatic rings. The molecule has 0 saturated heterocycles. The molecule has 20 heavy (non-hydrogen) atoms. The first-order valence-corrected chi connectivity index (χ1v) is 7.18. The number of methoxy groups -OCH3 is 1. The van der Waals surface area contributed by atoms with E-state index in [-0.39, 0.29) is 0 Å². The minimum absolute atomic E-state index is 0.855. The maximum Gasteiger partial charge on any atom is 0.119 e. The van der Waals surface area contributed by atoms with Gasteiger partial charge in [0.15, 0.2) is 0 Å². The first-order valence-electron chi connectivity index (χ1n) is 6.36. The summed E-state index contributed by atoms with van der Waals surface area (Å²) in [5, 5.41) is 5.93. The SMILES string of the molecule is COc1ccc(-n2cc3sc4ccccc4c3n2)cc1. The summed E-state index contributed by atoms with van der Waals surface area (Å²) in [5.41, 5.74) is 2.11. The number of nitrogens with zero attached hydrogens (tertiary/aromatic N) is 2. The van der Waals surface area contributed by atoms with Crippen LogP contribution in [0.1, 0.15) is 0 Å². The minimum Gasteiger partial charge on any atom is -0.497 e. The predicted octanol–water partition coefficient (Wildman–Crippen LogP) is 4.25. The molecule has 4 heteroatoms. The van der Waals surface area contributed by atoms with Gasteiger partial charge in [-0.2, -0.15) is 5.10 Å². The molecular formula is C16H12N2OS. The quantitative estimate of drug-likeness (QED) is 0.549. The molecule has 4 rings (SSSR count). The van der Waals surface area contributed by atoms with Gasteiger partial charge < -0.3 is 4.74 Å². The van der Waals surface area contributed by atoms with E-state index in [1.165, 1.54) is 14.8 Å². The number of hydrogen-bond donors (Lipinski definition) is 0. The Morgan fingerprint density at radius 2 is 1.80 bits per heavy atom. The lowest BCUT2D eigenvalue weighted by Gasteiger charge is -2.02. The highest BCUT2D eigenvalue weighted by atomic mass is 32.1. The van der Waals surface area contributed by atoms with Crippen LogP contribution in [0.2, 0.25) is 0 Å². The van der Waals surface area contributed by atoms with Gasteiger partial charge >= 0.3 is 0 Å². The van der Waals surface area contributed by atoms with Gasteiger partial charge in [0.1, 0.15) is 11.3 Å². The first kappa shape index (κ1) is 11.5. The van der Waals surface area contributed by atoms with Crippen molar-refractivity contribution >= 4 is 31.6 Å². The average molecular weight is 280 g/mol. The van der Waals surface area contributed by atoms with Gasteiger partial charge in [0, 0.05) is 16.3 Å². The molecule has 0 radical (unpaired) electrons. The Bertz CT molecular complexity index is 890. The zero-order valence-corrected chi connectivity index (χ0v) is 11.7. The summed E-state index contributed by atoms with van der Waals surface area (Å²) in [7, 11) is 1.67. The lowest BCUT2D eigenvalue weighted by Crippen LogP contribution is -1.94. The third kappa shape index (κ3) is 1.69. The molecule has 0 unspecified atom stereocenters. The number of thiophene rings is 1. The lowest BCUT2D eigenvalue weighted by molar-refractivity contribution is 0.414. The van der Waals surface area contributed by atoms with E-state index in [0.717, 1.165) is 17.0 Å². The third-order valence-electron chi connectivity index (χ3n) is 3.38. The molecule has 0 aliphatic carbocycles. The van der Waals surface area contributed by atoms with Crippen LogP contribution in [0.5, 0.6) is 5.75 Å². The van der Waals surface area contributed by atoms with Crippen molar-refractivity contribution < 1.29 is 4.74 Å². The Balaban J connectivity index is 1.87. The van der Waals surface area contributed by atoms with Crippen LogP contribution >= 0.6 is 11.3 Å². The van der Waals surface area contributed by atoms with Crippen LogP contribution in [0.25, 0.3) is 26.0 Å². The smallest absolute Gasteiger partial charge is 0.119 e. The maximum absolute atomic E-state index is 5.18. The Morgan fingerprint density at radius 1 is 1.00 bits per heavy atom. The number of ether oxygens (including phenoxy) is 1. The molecule has 2 aromatic carbocycles. The van der Waals surface area contributed by atoms with Crippen molar-refractivity contribution in [3.63, 3.8) is 0 Å². The first-order chi connectivity index (χ1) is 9.85. The Labute approximate surface area is 120 Å². The van der Waals surface area contributed by atoms with Gasteiger partial charge in [-0.25, -0.2) is 4.68 Å². The van der Waals surface area contributed by atoms with E-state index in [1.54, 1.807) is 18.4 Å². The van der Waals surface area contributed by atoms with Gasteiger partial charge in [-0.1, -0.05) is 18.2 Å². The predicted molar refractivity (Wildman–Crippen MR) is 83.0 cm³/mol. The van der Waals surface area contributed by atoms with Crippen molar-refractivity contribution in [3.05, 3.63) is 54.7 Å². The van der Waals surface area contributed by atoms with Crippen molar-refractivity contribution in [1.29, 1.82) is 0 Å². The second-order valence-electron chi connectivity index (χ2n) is 4.58. The number of rotatable bonds is 2. The number of aromatic nitrogens is 2. The molecule has 0 aliphatic heterocycles. The summed E-state index contributed by atoms with van der Waals surface area (Å²) in [5.74, 6) is 0.855. The molecule has 0 spiro atoms. The van der Waals surface area contributed by atoms with E-state index in [4.69, 9.17) is 9.84 Å². The van der Waals surface area contributed by atoms with Crippen LogP contribution in [0, 0.1) is 0 Å². The minimum atomic E-state index is 0.855. The molecule has 0 saturated carbocycles. The molecule has 3 nitrogen and oxygen atoms in total. The van der Waals surface area contributed by atoms with E-state index in [0.29, 0.717) is 0 Å². The molecule has 4 aromatic rings. The van der Waals surface area contributed by atoms with E-state index in [2.05, 4.69) is 30.5 Å². The Hall–Kier alpha value is -2.33. The maximum atomic E-state index is 5.18. The van der Waals surface area contributed by atoms with Crippen LogP contribution in [-0.4, -0.2) is 16.9 Å². The van der Waals surface area contributed by atoms with Crippen LogP contribution in [0.15, 0.2) is 54.7 Å². The molecule has 0 N–H and O–H groups in total. The summed E-state index contributed by atoms with van der Waals surface area (Å²) in [6.07, 6.45) is 2.09. The molecule has 0 atom stereocenters. The highest BCUT2D eigenvalue weighted by molar-refractivity contribution is 7.25. The van der Waals surface area contributed by atoms with E-state index >= 15 is 0 Å². The Kier molecular flexibility index (Phi) is 2.50. The third-order valence-corrected chi connectivity index (χ3v) is 4.47. The standard InChI is InChI=1S/C16H12N2OS/c1-19-12-8-6-11(7-9-12)18-10-15-16(17-18)13-4-2-3-5-14(13)20-15/h2-10H,1H3. The van der Waals surface area contributed by atoms with E-state index < -0.39 is 0 Å². The fourth-order valence-corrected chi connectivity index (χ4v) is 3.41. The van der Waals surface area contributed by atoms with Crippen molar-refractivity contribution in [2.75, 3.05) is 7.11 Å². The van der Waals surface area contributed by atoms with Crippen molar-refractivity contribution in [2.45, 2.75) is 0 Å². The van der Waals surface area contributed by atoms with Gasteiger partial charge in [0.25, 0.3) is 0 Å². The van der Waals surface area contributed by atoms with Crippen LogP contribution in [-0.2, 0) is 0 Å². The van der Waals surface area contributed by atoms with Crippen LogP contribution in [0.4, 0.5) is 0 Å². The normalized spacial score (nSPS) is 11.2. The van der Waals surface area contributed by atoms with Crippen molar-refractivity contribution in [3.8, 4) is 11.4 Å². The van der Waals surface area contributed by atoms with Crippen LogP contribution < -0.4 is 4.74 Å². The molecular weight excluding hydrogens is 268 g/mol. The number of hydrogen-bond acceptors (Lipinski definition) is 3. The highest BCUT2D eigenvalue weighted by Gasteiger charge is 2.09. The highest BCUT2D eigenvalue weighted by Crippen LogP contribution is 2.33. The molecule has 2 heterocycles. The summed E-state index contributed by atoms with van der Waals surface area (Å²) >= 11 is 1.78. The molecule has 2 aromatic heterocycles. The fraction of sp³-hybridized carbons (Fsp3) is 0.0625. The average Bonchev–Trinajstić information content (AvgIpc) is 3.05.